The molecular formula is C16H21BrFN3O3S. The molecule has 9 heteroatoms. The predicted molar refractivity (Wildman–Crippen MR) is 99.9 cm³/mol. The van der Waals surface area contributed by atoms with Gasteiger partial charge in [0.15, 0.2) is 0 Å². The fraction of sp³-hybridized carbons (Fsp3) is 0.312. The molecule has 0 spiro atoms. The molecule has 0 fully saturated rings. The van der Waals surface area contributed by atoms with E-state index in [1.54, 1.807) is 0 Å². The maximum atomic E-state index is 13.8. The van der Waals surface area contributed by atoms with Crippen LogP contribution >= 0.6 is 15.9 Å². The minimum absolute atomic E-state index is 0. The first-order valence-corrected chi connectivity index (χ1v) is 9.77. The van der Waals surface area contributed by atoms with E-state index < -0.39 is 20.7 Å². The topological polar surface area (TPSA) is 71.5 Å². The van der Waals surface area contributed by atoms with Crippen molar-refractivity contribution in [2.45, 2.75) is 11.3 Å². The lowest BCUT2D eigenvalue weighted by Crippen LogP contribution is -2.17. The number of anilines is 1. The Kier molecular flexibility index (Phi) is 6.74. The molecule has 0 amide bonds. The SMILES string of the molecule is CN(C)CCCOc1ncc(Br)cc1NS(=O)(=O)c1ccccc1F.[HH]. The molecule has 0 bridgehead atoms. The van der Waals surface area contributed by atoms with Gasteiger partial charge in [-0.1, -0.05) is 12.1 Å². The summed E-state index contributed by atoms with van der Waals surface area (Å²) in [7, 11) is -0.201. The fourth-order valence-electron chi connectivity index (χ4n) is 2.03. The quantitative estimate of drug-likeness (QED) is 0.646. The normalized spacial score (nSPS) is 11.6. The third-order valence-electron chi connectivity index (χ3n) is 3.18. The molecule has 0 aliphatic carbocycles. The van der Waals surface area contributed by atoms with Crippen LogP contribution in [0, 0.1) is 5.82 Å². The molecule has 0 aliphatic rings. The van der Waals surface area contributed by atoms with Gasteiger partial charge in [0.05, 0.1) is 6.61 Å². The molecule has 1 N–H and O–H groups in total. The van der Waals surface area contributed by atoms with Gasteiger partial charge >= 0.3 is 0 Å². The number of ether oxygens (including phenoxy) is 1. The van der Waals surface area contributed by atoms with Crippen LogP contribution in [0.2, 0.25) is 0 Å². The Morgan fingerprint density at radius 2 is 2.08 bits per heavy atom. The summed E-state index contributed by atoms with van der Waals surface area (Å²) in [5.74, 6) is -0.687. The van der Waals surface area contributed by atoms with Gasteiger partial charge in [0.25, 0.3) is 10.0 Å². The highest BCUT2D eigenvalue weighted by Gasteiger charge is 2.21. The molecule has 0 saturated carbocycles. The summed E-state index contributed by atoms with van der Waals surface area (Å²) in [5.41, 5.74) is 0.141. The number of hydrogen-bond acceptors (Lipinski definition) is 5. The van der Waals surface area contributed by atoms with Crippen LogP contribution in [0.3, 0.4) is 0 Å². The van der Waals surface area contributed by atoms with E-state index in [-0.39, 0.29) is 13.0 Å². The lowest BCUT2D eigenvalue weighted by atomic mass is 10.3. The molecule has 0 unspecified atom stereocenters. The summed E-state index contributed by atoms with van der Waals surface area (Å²) in [4.78, 5) is 5.67. The van der Waals surface area contributed by atoms with Crippen molar-refractivity contribution in [3.63, 3.8) is 0 Å². The largest absolute Gasteiger partial charge is 0.476 e. The van der Waals surface area contributed by atoms with Gasteiger partial charge in [-0.25, -0.2) is 17.8 Å². The number of nitrogens with zero attached hydrogens (tertiary/aromatic N) is 2. The Bertz CT molecular complexity index is 837. The van der Waals surface area contributed by atoms with Gasteiger partial charge in [0, 0.05) is 18.6 Å². The molecule has 6 nitrogen and oxygen atoms in total. The third kappa shape index (κ3) is 5.65. The van der Waals surface area contributed by atoms with Gasteiger partial charge in [0.2, 0.25) is 5.88 Å². The molecule has 0 radical (unpaired) electrons. The highest BCUT2D eigenvalue weighted by atomic mass is 79.9. The summed E-state index contributed by atoms with van der Waals surface area (Å²) in [6, 6.07) is 6.68. The minimum atomic E-state index is -4.10. The lowest BCUT2D eigenvalue weighted by molar-refractivity contribution is 0.274. The summed E-state index contributed by atoms with van der Waals surface area (Å²) in [6.45, 7) is 1.20. The molecule has 0 saturated heterocycles. The van der Waals surface area contributed by atoms with Crippen LogP contribution in [0.4, 0.5) is 10.1 Å². The molecule has 25 heavy (non-hydrogen) atoms. The van der Waals surface area contributed by atoms with E-state index in [4.69, 9.17) is 4.74 Å². The lowest BCUT2D eigenvalue weighted by Gasteiger charge is -2.14. The molecular weight excluding hydrogens is 413 g/mol. The van der Waals surface area contributed by atoms with Crippen LogP contribution in [0.25, 0.3) is 0 Å². The number of aromatic nitrogens is 1. The Labute approximate surface area is 156 Å². The van der Waals surface area contributed by atoms with Crippen LogP contribution in [-0.4, -0.2) is 45.5 Å². The number of rotatable bonds is 8. The minimum Gasteiger partial charge on any atom is -0.476 e. The highest BCUT2D eigenvalue weighted by Crippen LogP contribution is 2.28. The van der Waals surface area contributed by atoms with Gasteiger partial charge < -0.3 is 9.64 Å². The number of benzene rings is 1. The van der Waals surface area contributed by atoms with Crippen LogP contribution in [-0.2, 0) is 10.0 Å². The first-order valence-electron chi connectivity index (χ1n) is 7.50. The van der Waals surface area contributed by atoms with Crippen molar-refractivity contribution in [1.82, 2.24) is 9.88 Å². The Morgan fingerprint density at radius 3 is 2.76 bits per heavy atom. The van der Waals surface area contributed by atoms with Crippen molar-refractivity contribution in [2.75, 3.05) is 32.0 Å². The summed E-state index contributed by atoms with van der Waals surface area (Å²) in [5, 5.41) is 0. The zero-order valence-electron chi connectivity index (χ0n) is 13.9. The Hall–Kier alpha value is -1.71. The second-order valence-electron chi connectivity index (χ2n) is 5.55. The number of nitrogens with one attached hydrogen (secondary N) is 1. The fourth-order valence-corrected chi connectivity index (χ4v) is 3.49. The second kappa shape index (κ2) is 8.59. The first kappa shape index (κ1) is 19.6. The van der Waals surface area contributed by atoms with Gasteiger partial charge in [-0.15, -0.1) is 0 Å². The molecule has 1 aromatic heterocycles. The number of sulfonamides is 1. The third-order valence-corrected chi connectivity index (χ3v) is 5.01. The first-order chi connectivity index (χ1) is 11.8. The van der Waals surface area contributed by atoms with E-state index in [1.807, 2.05) is 19.0 Å². The summed E-state index contributed by atoms with van der Waals surface area (Å²) < 4.78 is 47.2. The van der Waals surface area contributed by atoms with Crippen LogP contribution in [0.15, 0.2) is 45.9 Å². The van der Waals surface area contributed by atoms with Gasteiger partial charge in [-0.2, -0.15) is 0 Å². The molecule has 138 valence electrons. The van der Waals surface area contributed by atoms with E-state index in [2.05, 4.69) is 25.6 Å². The van der Waals surface area contributed by atoms with Crippen LogP contribution in [0.5, 0.6) is 5.88 Å². The smallest absolute Gasteiger partial charge is 0.264 e. The van der Waals surface area contributed by atoms with Crippen molar-refractivity contribution in [2.24, 2.45) is 0 Å². The van der Waals surface area contributed by atoms with E-state index in [0.717, 1.165) is 19.0 Å². The van der Waals surface area contributed by atoms with Crippen molar-refractivity contribution in [1.29, 1.82) is 0 Å². The van der Waals surface area contributed by atoms with E-state index >= 15 is 0 Å². The van der Waals surface area contributed by atoms with Crippen molar-refractivity contribution in [3.05, 3.63) is 46.8 Å². The molecule has 0 aliphatic heterocycles. The van der Waals surface area contributed by atoms with Crippen molar-refractivity contribution >= 4 is 31.6 Å². The highest BCUT2D eigenvalue weighted by molar-refractivity contribution is 9.10. The van der Waals surface area contributed by atoms with Crippen molar-refractivity contribution in [3.8, 4) is 5.88 Å². The summed E-state index contributed by atoms with van der Waals surface area (Å²) >= 11 is 3.24. The average molecular weight is 434 g/mol. The number of pyridine rings is 1. The number of halogens is 2. The van der Waals surface area contributed by atoms with Gasteiger partial charge in [-0.05, 0) is 54.6 Å². The molecule has 0 atom stereocenters. The average Bonchev–Trinajstić information content (AvgIpc) is 2.53. The molecule has 1 heterocycles. The van der Waals surface area contributed by atoms with Crippen molar-refractivity contribution < 1.29 is 19.0 Å². The maximum Gasteiger partial charge on any atom is 0.264 e. The molecule has 2 rings (SSSR count). The maximum absolute atomic E-state index is 13.8. The monoisotopic (exact) mass is 433 g/mol. The van der Waals surface area contributed by atoms with E-state index in [1.165, 1.54) is 30.5 Å². The Balaban J connectivity index is 0.00000338. The van der Waals surface area contributed by atoms with E-state index in [0.29, 0.717) is 11.1 Å². The standard InChI is InChI=1S/C16H19BrFN3O3S.H2/c1-21(2)8-5-9-24-16-14(10-12(17)11-19-16)20-25(22,23)15-7-4-3-6-13(15)18;/h3-4,6-7,10-11,20H,5,8-9H2,1-2H3;1H. The van der Waals surface area contributed by atoms with Gasteiger partial charge in [0.1, 0.15) is 16.4 Å². The number of hydrogen-bond donors (Lipinski definition) is 1. The molecule has 2 aromatic rings. The van der Waals surface area contributed by atoms with E-state index in [9.17, 15) is 12.8 Å². The zero-order chi connectivity index (χ0) is 18.4. The summed E-state index contributed by atoms with van der Waals surface area (Å²) in [6.07, 6.45) is 2.26. The van der Waals surface area contributed by atoms with Crippen LogP contribution in [0.1, 0.15) is 7.85 Å². The van der Waals surface area contributed by atoms with Crippen LogP contribution < -0.4 is 9.46 Å². The predicted octanol–water partition coefficient (Wildman–Crippen LogP) is 3.36. The van der Waals surface area contributed by atoms with Gasteiger partial charge in [-0.3, -0.25) is 4.72 Å². The Morgan fingerprint density at radius 1 is 1.36 bits per heavy atom. The second-order valence-corrected chi connectivity index (χ2v) is 8.11. The zero-order valence-corrected chi connectivity index (χ0v) is 16.3. The molecule has 1 aromatic carbocycles.